The van der Waals surface area contributed by atoms with Gasteiger partial charge in [-0.1, -0.05) is 6.92 Å². The molecule has 3 heterocycles. The van der Waals surface area contributed by atoms with Gasteiger partial charge >= 0.3 is 0 Å². The molecule has 1 atom stereocenters. The first-order valence-corrected chi connectivity index (χ1v) is 10.0. The molecule has 1 N–H and O–H groups in total. The molecule has 26 heavy (non-hydrogen) atoms. The smallest absolute Gasteiger partial charge is 0.217 e. The Morgan fingerprint density at radius 1 is 1.46 bits per heavy atom. The molecule has 0 aliphatic carbocycles. The fourth-order valence-electron chi connectivity index (χ4n) is 3.05. The van der Waals surface area contributed by atoms with E-state index in [0.717, 1.165) is 50.3 Å². The molecule has 140 valence electrons. The van der Waals surface area contributed by atoms with E-state index < -0.39 is 0 Å². The molecule has 1 unspecified atom stereocenters. The lowest BCUT2D eigenvalue weighted by Gasteiger charge is -2.16. The quantitative estimate of drug-likeness (QED) is 0.770. The van der Waals surface area contributed by atoms with Crippen LogP contribution in [0.3, 0.4) is 0 Å². The van der Waals surface area contributed by atoms with Crippen molar-refractivity contribution in [3.05, 3.63) is 40.1 Å². The van der Waals surface area contributed by atoms with Crippen LogP contribution in [-0.4, -0.2) is 40.0 Å². The monoisotopic (exact) mass is 374 g/mol. The summed E-state index contributed by atoms with van der Waals surface area (Å²) in [5.41, 5.74) is 1.97. The lowest BCUT2D eigenvalue weighted by molar-refractivity contribution is -0.119. The zero-order valence-electron chi connectivity index (χ0n) is 15.4. The van der Waals surface area contributed by atoms with Gasteiger partial charge in [-0.3, -0.25) is 14.7 Å². The molecule has 1 fully saturated rings. The summed E-state index contributed by atoms with van der Waals surface area (Å²) in [7, 11) is 0. The molecule has 0 aromatic carbocycles. The summed E-state index contributed by atoms with van der Waals surface area (Å²) in [5, 5.41) is 6.17. The summed E-state index contributed by atoms with van der Waals surface area (Å²) in [5.74, 6) is 0.750. The van der Waals surface area contributed by atoms with Crippen LogP contribution in [0.25, 0.3) is 0 Å². The molecule has 1 aliphatic rings. The molecule has 6 nitrogen and oxygen atoms in total. The van der Waals surface area contributed by atoms with E-state index in [1.165, 1.54) is 17.6 Å². The number of ether oxygens (including phenoxy) is 1. The predicted molar refractivity (Wildman–Crippen MR) is 102 cm³/mol. The lowest BCUT2D eigenvalue weighted by atomic mass is 10.3. The number of hydrogen-bond acceptors (Lipinski definition) is 6. The summed E-state index contributed by atoms with van der Waals surface area (Å²) < 4.78 is 6.12. The van der Waals surface area contributed by atoms with Crippen LogP contribution in [0.15, 0.2) is 23.7 Å². The van der Waals surface area contributed by atoms with Gasteiger partial charge in [0.1, 0.15) is 11.9 Å². The van der Waals surface area contributed by atoms with Crippen molar-refractivity contribution in [1.29, 1.82) is 0 Å². The van der Waals surface area contributed by atoms with Crippen molar-refractivity contribution >= 4 is 17.2 Å². The van der Waals surface area contributed by atoms with Gasteiger partial charge in [0.25, 0.3) is 0 Å². The molecular formula is C19H26N4O2S. The minimum atomic E-state index is -0.0614. The summed E-state index contributed by atoms with van der Waals surface area (Å²) in [6, 6.07) is 3.77. The average molecular weight is 375 g/mol. The standard InChI is InChI=1S/C19H26N4O2S/c1-3-4-19-22-16(13-26-19)11-23-8-6-18(12-23)25-17-5-7-20-15(9-17)10-21-14(2)24/h5,7,9,13,18H,3-4,6,8,10-12H2,1-2H3,(H,21,24). The van der Waals surface area contributed by atoms with Gasteiger partial charge in [0.2, 0.25) is 5.91 Å². The third-order valence-corrected chi connectivity index (χ3v) is 5.24. The molecule has 0 spiro atoms. The second kappa shape index (κ2) is 9.09. The third kappa shape index (κ3) is 5.51. The molecular weight excluding hydrogens is 348 g/mol. The van der Waals surface area contributed by atoms with E-state index in [2.05, 4.69) is 27.5 Å². The van der Waals surface area contributed by atoms with E-state index in [-0.39, 0.29) is 12.0 Å². The van der Waals surface area contributed by atoms with E-state index in [1.54, 1.807) is 17.5 Å². The number of likely N-dealkylation sites (tertiary alicyclic amines) is 1. The minimum absolute atomic E-state index is 0.0614. The fraction of sp³-hybridized carbons (Fsp3) is 0.526. The maximum Gasteiger partial charge on any atom is 0.217 e. The Morgan fingerprint density at radius 2 is 2.35 bits per heavy atom. The Labute approximate surface area is 158 Å². The number of aromatic nitrogens is 2. The molecule has 0 saturated carbocycles. The van der Waals surface area contributed by atoms with Crippen molar-refractivity contribution in [1.82, 2.24) is 20.2 Å². The number of pyridine rings is 1. The number of thiazole rings is 1. The van der Waals surface area contributed by atoms with Gasteiger partial charge in [-0.2, -0.15) is 0 Å². The first kappa shape index (κ1) is 18.8. The summed E-state index contributed by atoms with van der Waals surface area (Å²) in [6.07, 6.45) is 5.13. The Kier molecular flexibility index (Phi) is 6.57. The van der Waals surface area contributed by atoms with E-state index in [9.17, 15) is 4.79 Å². The molecule has 0 radical (unpaired) electrons. The van der Waals surface area contributed by atoms with Crippen molar-refractivity contribution in [3.63, 3.8) is 0 Å². The summed E-state index contributed by atoms with van der Waals surface area (Å²) in [4.78, 5) is 22.4. The third-order valence-electron chi connectivity index (χ3n) is 4.29. The highest BCUT2D eigenvalue weighted by Crippen LogP contribution is 2.21. The first-order valence-electron chi connectivity index (χ1n) is 9.14. The summed E-state index contributed by atoms with van der Waals surface area (Å²) in [6.45, 7) is 6.93. The molecule has 7 heteroatoms. The molecule has 0 bridgehead atoms. The van der Waals surface area contributed by atoms with Crippen molar-refractivity contribution in [2.45, 2.75) is 52.3 Å². The normalized spacial score (nSPS) is 17.4. The number of carbonyl (C=O) groups is 1. The molecule has 3 rings (SSSR count). The second-order valence-electron chi connectivity index (χ2n) is 6.64. The molecule has 1 saturated heterocycles. The van der Waals surface area contributed by atoms with E-state index in [0.29, 0.717) is 6.54 Å². The molecule has 2 aromatic heterocycles. The Hall–Kier alpha value is -1.99. The van der Waals surface area contributed by atoms with Crippen LogP contribution in [0.5, 0.6) is 5.75 Å². The van der Waals surface area contributed by atoms with Crippen LogP contribution in [0.1, 0.15) is 43.1 Å². The number of rotatable bonds is 8. The first-order chi connectivity index (χ1) is 12.6. The predicted octanol–water partition coefficient (Wildman–Crippen LogP) is 2.78. The Bertz CT molecular complexity index is 734. The van der Waals surface area contributed by atoms with Crippen LogP contribution in [0.4, 0.5) is 0 Å². The number of amides is 1. The largest absolute Gasteiger partial charge is 0.489 e. The highest BCUT2D eigenvalue weighted by Gasteiger charge is 2.24. The highest BCUT2D eigenvalue weighted by atomic mass is 32.1. The van der Waals surface area contributed by atoms with Gasteiger partial charge in [-0.15, -0.1) is 11.3 Å². The van der Waals surface area contributed by atoms with Gasteiger partial charge in [0.05, 0.1) is 22.9 Å². The van der Waals surface area contributed by atoms with Crippen LogP contribution in [0, 0.1) is 0 Å². The van der Waals surface area contributed by atoms with Crippen molar-refractivity contribution < 1.29 is 9.53 Å². The van der Waals surface area contributed by atoms with Gasteiger partial charge < -0.3 is 10.1 Å². The van der Waals surface area contributed by atoms with Gasteiger partial charge in [-0.05, 0) is 25.3 Å². The zero-order chi connectivity index (χ0) is 18.4. The minimum Gasteiger partial charge on any atom is -0.489 e. The number of hydrogen-bond donors (Lipinski definition) is 1. The van der Waals surface area contributed by atoms with Crippen LogP contribution in [0.2, 0.25) is 0 Å². The van der Waals surface area contributed by atoms with E-state index in [1.807, 2.05) is 12.1 Å². The Morgan fingerprint density at radius 3 is 3.15 bits per heavy atom. The van der Waals surface area contributed by atoms with E-state index in [4.69, 9.17) is 9.72 Å². The van der Waals surface area contributed by atoms with Gasteiger partial charge in [-0.25, -0.2) is 4.98 Å². The van der Waals surface area contributed by atoms with Crippen LogP contribution >= 0.6 is 11.3 Å². The lowest BCUT2D eigenvalue weighted by Crippen LogP contribution is -2.25. The maximum atomic E-state index is 11.0. The average Bonchev–Trinajstić information content (AvgIpc) is 3.24. The number of aryl methyl sites for hydroxylation is 1. The van der Waals surface area contributed by atoms with Crippen molar-refractivity contribution in [2.75, 3.05) is 13.1 Å². The fourth-order valence-corrected chi connectivity index (χ4v) is 3.94. The maximum absolute atomic E-state index is 11.0. The van der Waals surface area contributed by atoms with Crippen molar-refractivity contribution in [2.24, 2.45) is 0 Å². The second-order valence-corrected chi connectivity index (χ2v) is 7.58. The topological polar surface area (TPSA) is 67.3 Å². The van der Waals surface area contributed by atoms with Crippen LogP contribution in [-0.2, 0) is 24.3 Å². The zero-order valence-corrected chi connectivity index (χ0v) is 16.2. The molecule has 1 amide bonds. The van der Waals surface area contributed by atoms with Gasteiger partial charge in [0, 0.05) is 44.2 Å². The number of carbonyl (C=O) groups excluding carboxylic acids is 1. The van der Waals surface area contributed by atoms with E-state index >= 15 is 0 Å². The molecule has 1 aliphatic heterocycles. The Balaban J connectivity index is 1.49. The number of nitrogens with zero attached hydrogens (tertiary/aromatic N) is 3. The van der Waals surface area contributed by atoms with Gasteiger partial charge in [0.15, 0.2) is 0 Å². The molecule has 2 aromatic rings. The van der Waals surface area contributed by atoms with Crippen LogP contribution < -0.4 is 10.1 Å². The SMILES string of the molecule is CCCc1nc(CN2CCC(Oc3ccnc(CNC(C)=O)c3)C2)cs1. The summed E-state index contributed by atoms with van der Waals surface area (Å²) >= 11 is 1.76. The van der Waals surface area contributed by atoms with Crippen molar-refractivity contribution in [3.8, 4) is 5.75 Å². The number of nitrogens with one attached hydrogen (secondary N) is 1. The highest BCUT2D eigenvalue weighted by molar-refractivity contribution is 7.09.